The van der Waals surface area contributed by atoms with E-state index in [1.54, 1.807) is 8.92 Å². The molecule has 6 nitrogen and oxygen atoms in total. The van der Waals surface area contributed by atoms with Crippen LogP contribution < -0.4 is 0 Å². The molecule has 4 aromatic heterocycles. The molecule has 0 bridgehead atoms. The minimum Gasteiger partial charge on any atom is -0.306 e. The predicted octanol–water partition coefficient (Wildman–Crippen LogP) is 3.22. The normalized spacial score (nSPS) is 18.1. The van der Waals surface area contributed by atoms with Crippen molar-refractivity contribution in [1.29, 1.82) is 0 Å². The van der Waals surface area contributed by atoms with Gasteiger partial charge in [0, 0.05) is 30.4 Å². The van der Waals surface area contributed by atoms with Crippen LogP contribution in [0.2, 0.25) is 0 Å². The number of likely N-dealkylation sites (N-methyl/N-ethyl adjacent to an activating group) is 1. The fourth-order valence-electron chi connectivity index (χ4n) is 3.98. The van der Waals surface area contributed by atoms with E-state index in [0.717, 1.165) is 47.7 Å². The van der Waals surface area contributed by atoms with Crippen LogP contribution in [-0.4, -0.2) is 49.0 Å². The lowest BCUT2D eigenvalue weighted by Gasteiger charge is -2.06. The highest BCUT2D eigenvalue weighted by Gasteiger charge is 2.24. The molecule has 1 fully saturated rings. The monoisotopic (exact) mass is 364 g/mol. The molecule has 7 heteroatoms. The first-order valence-electron chi connectivity index (χ1n) is 9.18. The number of imidazole rings is 2. The smallest absolute Gasteiger partial charge is 0.173 e. The Labute approximate surface area is 156 Å². The number of fused-ring (bicyclic) bond motifs is 2. The number of likely N-dealkylation sites (tertiary alicyclic amines) is 1. The molecule has 4 aromatic rings. The van der Waals surface area contributed by atoms with E-state index in [9.17, 15) is 4.39 Å². The van der Waals surface area contributed by atoms with Gasteiger partial charge < -0.3 is 9.30 Å². The molecule has 1 saturated heterocycles. The van der Waals surface area contributed by atoms with E-state index in [2.05, 4.69) is 27.0 Å². The van der Waals surface area contributed by atoms with Gasteiger partial charge in [0.25, 0.3) is 0 Å². The molecule has 5 rings (SSSR count). The molecule has 0 N–H and O–H groups in total. The molecule has 1 atom stereocenters. The molecule has 1 aliphatic heterocycles. The highest BCUT2D eigenvalue weighted by molar-refractivity contribution is 5.64. The largest absolute Gasteiger partial charge is 0.306 e. The van der Waals surface area contributed by atoms with Gasteiger partial charge in [0.1, 0.15) is 0 Å². The zero-order valence-electron chi connectivity index (χ0n) is 15.6. The molecule has 0 aliphatic carbocycles. The maximum absolute atomic E-state index is 14.8. The second-order valence-electron chi connectivity index (χ2n) is 7.58. The Bertz CT molecular complexity index is 1170. The van der Waals surface area contributed by atoms with E-state index in [1.165, 1.54) is 6.07 Å². The second kappa shape index (κ2) is 5.85. The zero-order chi connectivity index (χ0) is 18.7. The fourth-order valence-corrected chi connectivity index (χ4v) is 3.98. The first-order valence-corrected chi connectivity index (χ1v) is 9.18. The third kappa shape index (κ3) is 2.70. The number of aromatic nitrogens is 5. The molecule has 1 aliphatic rings. The van der Waals surface area contributed by atoms with E-state index in [4.69, 9.17) is 0 Å². The van der Waals surface area contributed by atoms with Crippen LogP contribution in [0.25, 0.3) is 22.6 Å². The summed E-state index contributed by atoms with van der Waals surface area (Å²) in [5, 5.41) is 4.62. The molecule has 0 aromatic carbocycles. The van der Waals surface area contributed by atoms with Gasteiger partial charge >= 0.3 is 0 Å². The summed E-state index contributed by atoms with van der Waals surface area (Å²) in [6.07, 6.45) is 6.81. The Hall–Kier alpha value is -2.80. The summed E-state index contributed by atoms with van der Waals surface area (Å²) in [7, 11) is 2.11. The number of hydrogen-bond acceptors (Lipinski definition) is 4. The van der Waals surface area contributed by atoms with E-state index >= 15 is 0 Å². The quantitative estimate of drug-likeness (QED) is 0.548. The lowest BCUT2D eigenvalue weighted by Crippen LogP contribution is -2.13. The molecule has 0 spiro atoms. The summed E-state index contributed by atoms with van der Waals surface area (Å²) in [6.45, 7) is 5.95. The van der Waals surface area contributed by atoms with E-state index in [1.807, 2.05) is 38.5 Å². The summed E-state index contributed by atoms with van der Waals surface area (Å²) in [5.74, 6) is 0.0369. The second-order valence-corrected chi connectivity index (χ2v) is 7.58. The maximum Gasteiger partial charge on any atom is 0.173 e. The Morgan fingerprint density at radius 1 is 1.07 bits per heavy atom. The Balaban J connectivity index is 1.61. The molecule has 0 saturated carbocycles. The molecule has 0 radical (unpaired) electrons. The van der Waals surface area contributed by atoms with Crippen molar-refractivity contribution < 1.29 is 4.39 Å². The third-order valence-electron chi connectivity index (χ3n) is 5.36. The summed E-state index contributed by atoms with van der Waals surface area (Å²) in [6, 6.07) is 3.47. The van der Waals surface area contributed by atoms with Crippen molar-refractivity contribution in [1.82, 2.24) is 28.9 Å². The highest BCUT2D eigenvalue weighted by Crippen LogP contribution is 2.28. The molecular formula is C20H21FN6. The van der Waals surface area contributed by atoms with Gasteiger partial charge in [-0.1, -0.05) is 0 Å². The maximum atomic E-state index is 14.8. The van der Waals surface area contributed by atoms with E-state index < -0.39 is 0 Å². The number of hydrogen-bond donors (Lipinski definition) is 0. The number of rotatable bonds is 2. The van der Waals surface area contributed by atoms with Gasteiger partial charge in [-0.3, -0.25) is 0 Å². The number of halogens is 1. The Morgan fingerprint density at radius 3 is 2.70 bits per heavy atom. The minimum atomic E-state index is -0.327. The molecule has 0 amide bonds. The van der Waals surface area contributed by atoms with Crippen molar-refractivity contribution in [3.8, 4) is 11.3 Å². The summed E-state index contributed by atoms with van der Waals surface area (Å²) < 4.78 is 18.3. The molecule has 0 unspecified atom stereocenters. The zero-order valence-corrected chi connectivity index (χ0v) is 15.6. The lowest BCUT2D eigenvalue weighted by molar-refractivity contribution is 0.411. The fraction of sp³-hybridized carbons (Fsp3) is 0.350. The van der Waals surface area contributed by atoms with Crippen LogP contribution in [-0.2, 0) is 0 Å². The average Bonchev–Trinajstić information content (AvgIpc) is 3.32. The van der Waals surface area contributed by atoms with Crippen LogP contribution >= 0.6 is 0 Å². The standard InChI is InChI=1S/C20H21FN6/c1-12-6-17(24-27-8-13(2)22-19(12)27)15-7-16(21)20-23-18(11-26(20)10-15)14-4-5-25(3)9-14/h6-8,10-11,14H,4-5,9H2,1-3H3/t14-/m1/s1. The van der Waals surface area contributed by atoms with E-state index in [0.29, 0.717) is 17.3 Å². The van der Waals surface area contributed by atoms with Gasteiger partial charge in [0.2, 0.25) is 0 Å². The van der Waals surface area contributed by atoms with Crippen LogP contribution in [0.5, 0.6) is 0 Å². The molecule has 138 valence electrons. The van der Waals surface area contributed by atoms with Crippen molar-refractivity contribution in [3.63, 3.8) is 0 Å². The third-order valence-corrected chi connectivity index (χ3v) is 5.36. The average molecular weight is 364 g/mol. The van der Waals surface area contributed by atoms with Crippen LogP contribution in [0.4, 0.5) is 4.39 Å². The van der Waals surface area contributed by atoms with Crippen LogP contribution in [0, 0.1) is 19.7 Å². The Morgan fingerprint density at radius 2 is 1.93 bits per heavy atom. The van der Waals surface area contributed by atoms with Gasteiger partial charge in [0.15, 0.2) is 17.1 Å². The first-order chi connectivity index (χ1) is 13.0. The van der Waals surface area contributed by atoms with E-state index in [-0.39, 0.29) is 5.82 Å². The Kier molecular flexibility index (Phi) is 3.55. The van der Waals surface area contributed by atoms with Gasteiger partial charge in [0.05, 0.1) is 23.3 Å². The number of nitrogens with zero attached hydrogens (tertiary/aromatic N) is 6. The van der Waals surface area contributed by atoms with Crippen molar-refractivity contribution in [3.05, 3.63) is 53.5 Å². The van der Waals surface area contributed by atoms with Gasteiger partial charge in [-0.05, 0) is 51.6 Å². The SMILES string of the molecule is Cc1cn2nc(-c3cc(F)c4nc([C@@H]5CCN(C)C5)cn4c3)cc(C)c2n1. The van der Waals surface area contributed by atoms with Crippen molar-refractivity contribution in [2.24, 2.45) is 0 Å². The van der Waals surface area contributed by atoms with Crippen LogP contribution in [0.1, 0.15) is 29.3 Å². The van der Waals surface area contributed by atoms with Gasteiger partial charge in [-0.2, -0.15) is 5.10 Å². The van der Waals surface area contributed by atoms with Crippen molar-refractivity contribution in [2.75, 3.05) is 20.1 Å². The highest BCUT2D eigenvalue weighted by atomic mass is 19.1. The molecule has 5 heterocycles. The van der Waals surface area contributed by atoms with Gasteiger partial charge in [-0.15, -0.1) is 0 Å². The predicted molar refractivity (Wildman–Crippen MR) is 101 cm³/mol. The number of aryl methyl sites for hydroxylation is 2. The van der Waals surface area contributed by atoms with Crippen LogP contribution in [0.15, 0.2) is 30.7 Å². The van der Waals surface area contributed by atoms with Crippen molar-refractivity contribution >= 4 is 11.3 Å². The van der Waals surface area contributed by atoms with Crippen molar-refractivity contribution in [2.45, 2.75) is 26.2 Å². The van der Waals surface area contributed by atoms with Crippen LogP contribution in [0.3, 0.4) is 0 Å². The summed E-state index contributed by atoms with van der Waals surface area (Å²) in [5.41, 5.74) is 5.52. The first kappa shape index (κ1) is 16.4. The summed E-state index contributed by atoms with van der Waals surface area (Å²) in [4.78, 5) is 11.3. The topological polar surface area (TPSA) is 50.7 Å². The molecule has 27 heavy (non-hydrogen) atoms. The minimum absolute atomic E-state index is 0.327. The lowest BCUT2D eigenvalue weighted by atomic mass is 10.1. The van der Waals surface area contributed by atoms with Gasteiger partial charge in [-0.25, -0.2) is 18.9 Å². The molecular weight excluding hydrogens is 343 g/mol. The summed E-state index contributed by atoms with van der Waals surface area (Å²) >= 11 is 0. The number of pyridine rings is 1.